The molecule has 4 rings (SSSR count). The van der Waals surface area contributed by atoms with Crippen LogP contribution in [0.15, 0.2) is 0 Å². The first-order chi connectivity index (χ1) is 14.8. The van der Waals surface area contributed by atoms with E-state index in [1.54, 1.807) is 11.9 Å². The number of likely N-dealkylation sites (tertiary alicyclic amines) is 1. The van der Waals surface area contributed by atoms with Gasteiger partial charge in [0, 0.05) is 26.2 Å². The summed E-state index contributed by atoms with van der Waals surface area (Å²) in [5.41, 5.74) is -1.73. The van der Waals surface area contributed by atoms with Crippen molar-refractivity contribution in [3.05, 3.63) is 0 Å². The highest BCUT2D eigenvalue weighted by Gasteiger charge is 2.79. The van der Waals surface area contributed by atoms with Crippen LogP contribution < -0.4 is 10.6 Å². The molecule has 3 saturated heterocycles. The molecule has 0 aromatic rings. The number of unbranched alkanes of at least 4 members (excludes halogenated alkanes) is 1. The Morgan fingerprint density at radius 3 is 2.55 bits per heavy atom. The first kappa shape index (κ1) is 22.5. The van der Waals surface area contributed by atoms with Gasteiger partial charge in [-0.25, -0.2) is 0 Å². The van der Waals surface area contributed by atoms with Crippen molar-refractivity contribution in [2.24, 2.45) is 17.8 Å². The SMILES string of the molecule is CNC(=O)[C@H]1[C@H]2C(=O)N(CCCCO)C(C(=O)NC3CCCCC3)C23CC(C)[C@]1(C)O3. The topological polar surface area (TPSA) is 108 Å². The summed E-state index contributed by atoms with van der Waals surface area (Å²) in [6.07, 6.45) is 7.08. The van der Waals surface area contributed by atoms with Crippen LogP contribution >= 0.6 is 0 Å². The lowest BCUT2D eigenvalue weighted by molar-refractivity contribution is -0.147. The molecule has 1 spiro atoms. The fourth-order valence-corrected chi connectivity index (χ4v) is 6.76. The summed E-state index contributed by atoms with van der Waals surface area (Å²) in [6, 6.07) is -0.600. The van der Waals surface area contributed by atoms with E-state index < -0.39 is 29.1 Å². The second-order valence-corrected chi connectivity index (χ2v) is 10.1. The summed E-state index contributed by atoms with van der Waals surface area (Å²) in [4.78, 5) is 41.9. The normalized spacial score (nSPS) is 39.6. The minimum absolute atomic E-state index is 0.0437. The fraction of sp³-hybridized carbons (Fsp3) is 0.870. The van der Waals surface area contributed by atoms with Gasteiger partial charge in [-0.2, -0.15) is 0 Å². The maximum atomic E-state index is 13.7. The average Bonchev–Trinajstić information content (AvgIpc) is 3.25. The first-order valence-electron chi connectivity index (χ1n) is 11.9. The highest BCUT2D eigenvalue weighted by molar-refractivity contribution is 5.99. The lowest BCUT2D eigenvalue weighted by Gasteiger charge is -2.36. The van der Waals surface area contributed by atoms with E-state index in [9.17, 15) is 19.5 Å². The van der Waals surface area contributed by atoms with Crippen molar-refractivity contribution >= 4 is 17.7 Å². The van der Waals surface area contributed by atoms with Crippen molar-refractivity contribution in [1.82, 2.24) is 15.5 Å². The predicted octanol–water partition coefficient (Wildman–Crippen LogP) is 0.965. The van der Waals surface area contributed by atoms with E-state index in [0.29, 0.717) is 25.8 Å². The number of fused-ring (bicyclic) bond motifs is 1. The predicted molar refractivity (Wildman–Crippen MR) is 114 cm³/mol. The Hall–Kier alpha value is -1.67. The summed E-state index contributed by atoms with van der Waals surface area (Å²) in [5, 5.41) is 15.2. The van der Waals surface area contributed by atoms with Crippen molar-refractivity contribution in [3.8, 4) is 0 Å². The van der Waals surface area contributed by atoms with E-state index >= 15 is 0 Å². The van der Waals surface area contributed by atoms with Crippen molar-refractivity contribution in [2.45, 2.75) is 88.5 Å². The summed E-state index contributed by atoms with van der Waals surface area (Å²) in [7, 11) is 1.58. The number of hydrogen-bond acceptors (Lipinski definition) is 5. The number of aliphatic hydroxyl groups is 1. The van der Waals surface area contributed by atoms with Gasteiger partial charge in [-0.1, -0.05) is 26.2 Å². The average molecular weight is 436 g/mol. The van der Waals surface area contributed by atoms with E-state index in [4.69, 9.17) is 4.74 Å². The third-order valence-electron chi connectivity index (χ3n) is 8.35. The van der Waals surface area contributed by atoms with E-state index in [1.807, 2.05) is 6.92 Å². The molecular weight excluding hydrogens is 398 g/mol. The Labute approximate surface area is 184 Å². The number of carbonyl (C=O) groups excluding carboxylic acids is 3. The van der Waals surface area contributed by atoms with Crippen LogP contribution in [0.5, 0.6) is 0 Å². The van der Waals surface area contributed by atoms with Crippen LogP contribution in [0.1, 0.15) is 65.2 Å². The Balaban J connectivity index is 1.68. The molecule has 31 heavy (non-hydrogen) atoms. The highest BCUT2D eigenvalue weighted by atomic mass is 16.5. The van der Waals surface area contributed by atoms with Gasteiger partial charge in [0.1, 0.15) is 11.6 Å². The molecule has 3 N–H and O–H groups in total. The van der Waals surface area contributed by atoms with E-state index in [0.717, 1.165) is 25.7 Å². The maximum Gasteiger partial charge on any atom is 0.246 e. The summed E-state index contributed by atoms with van der Waals surface area (Å²) in [5.74, 6) is -1.71. The molecule has 3 aliphatic heterocycles. The quantitative estimate of drug-likeness (QED) is 0.517. The van der Waals surface area contributed by atoms with Crippen molar-refractivity contribution in [3.63, 3.8) is 0 Å². The number of ether oxygens (including phenoxy) is 1. The summed E-state index contributed by atoms with van der Waals surface area (Å²) >= 11 is 0. The largest absolute Gasteiger partial charge is 0.396 e. The zero-order valence-electron chi connectivity index (χ0n) is 19.0. The Kier molecular flexibility index (Phi) is 6.07. The Morgan fingerprint density at radius 2 is 1.90 bits per heavy atom. The smallest absolute Gasteiger partial charge is 0.246 e. The molecule has 4 aliphatic rings. The number of carbonyl (C=O) groups is 3. The number of amides is 3. The number of rotatable bonds is 7. The van der Waals surface area contributed by atoms with Crippen LogP contribution in [0.25, 0.3) is 0 Å². The number of aliphatic hydroxyl groups excluding tert-OH is 1. The maximum absolute atomic E-state index is 13.7. The molecule has 3 amide bonds. The molecule has 0 aromatic heterocycles. The number of nitrogens with one attached hydrogen (secondary N) is 2. The second kappa shape index (κ2) is 8.35. The molecular formula is C23H37N3O5. The Morgan fingerprint density at radius 1 is 1.19 bits per heavy atom. The number of nitrogens with zero attached hydrogens (tertiary/aromatic N) is 1. The van der Waals surface area contributed by atoms with Gasteiger partial charge in [0.25, 0.3) is 0 Å². The van der Waals surface area contributed by atoms with Crippen LogP contribution in [0.2, 0.25) is 0 Å². The lowest BCUT2D eigenvalue weighted by Crippen LogP contribution is -2.57. The molecule has 8 heteroatoms. The zero-order chi connectivity index (χ0) is 22.4. The van der Waals surface area contributed by atoms with Gasteiger partial charge in [0.15, 0.2) is 0 Å². The van der Waals surface area contributed by atoms with Crippen molar-refractivity contribution < 1.29 is 24.2 Å². The number of hydrogen-bond donors (Lipinski definition) is 3. The molecule has 3 heterocycles. The van der Waals surface area contributed by atoms with E-state index in [1.165, 1.54) is 6.42 Å². The summed E-state index contributed by atoms with van der Waals surface area (Å²) in [6.45, 7) is 4.40. The van der Waals surface area contributed by atoms with Gasteiger partial charge in [-0.3, -0.25) is 14.4 Å². The van der Waals surface area contributed by atoms with Gasteiger partial charge in [-0.05, 0) is 44.9 Å². The third kappa shape index (κ3) is 3.37. The van der Waals surface area contributed by atoms with Crippen LogP contribution in [0.3, 0.4) is 0 Å². The molecule has 0 radical (unpaired) electrons. The van der Waals surface area contributed by atoms with E-state index in [2.05, 4.69) is 17.6 Å². The zero-order valence-corrected chi connectivity index (χ0v) is 19.0. The van der Waals surface area contributed by atoms with Crippen LogP contribution in [0.4, 0.5) is 0 Å². The van der Waals surface area contributed by atoms with Crippen LogP contribution in [0, 0.1) is 17.8 Å². The monoisotopic (exact) mass is 435 g/mol. The minimum atomic E-state index is -0.972. The molecule has 1 aliphatic carbocycles. The Bertz CT molecular complexity index is 739. The molecule has 6 atom stereocenters. The van der Waals surface area contributed by atoms with Gasteiger partial charge in [0.2, 0.25) is 17.7 Å². The first-order valence-corrected chi connectivity index (χ1v) is 11.9. The van der Waals surface area contributed by atoms with Gasteiger partial charge in [0.05, 0.1) is 17.4 Å². The molecule has 174 valence electrons. The standard InChI is InChI=1S/C23H37N3O5/c1-14-13-23-17(16(19(28)24-3)22(14,2)31-23)21(30)26(11-7-8-12-27)18(23)20(29)25-15-9-5-4-6-10-15/h14-18,27H,4-13H2,1-3H3,(H,24,28)(H,25,29)/t14?,16-,17+,18?,22+,23?/m1/s1. The lowest BCUT2D eigenvalue weighted by atomic mass is 9.62. The van der Waals surface area contributed by atoms with Crippen molar-refractivity contribution in [1.29, 1.82) is 0 Å². The van der Waals surface area contributed by atoms with Gasteiger partial charge in [-0.15, -0.1) is 0 Å². The third-order valence-corrected chi connectivity index (χ3v) is 8.35. The fourth-order valence-electron chi connectivity index (χ4n) is 6.76. The van der Waals surface area contributed by atoms with Crippen LogP contribution in [-0.2, 0) is 19.1 Å². The molecule has 1 saturated carbocycles. The molecule has 2 bridgehead atoms. The summed E-state index contributed by atoms with van der Waals surface area (Å²) < 4.78 is 6.62. The van der Waals surface area contributed by atoms with Gasteiger partial charge < -0.3 is 25.4 Å². The van der Waals surface area contributed by atoms with Crippen molar-refractivity contribution in [2.75, 3.05) is 20.2 Å². The molecule has 3 unspecified atom stereocenters. The van der Waals surface area contributed by atoms with Gasteiger partial charge >= 0.3 is 0 Å². The molecule has 4 fully saturated rings. The second-order valence-electron chi connectivity index (χ2n) is 10.1. The molecule has 0 aromatic carbocycles. The minimum Gasteiger partial charge on any atom is -0.396 e. The highest BCUT2D eigenvalue weighted by Crippen LogP contribution is 2.65. The molecule has 8 nitrogen and oxygen atoms in total. The van der Waals surface area contributed by atoms with E-state index in [-0.39, 0.29) is 36.3 Å². The van der Waals surface area contributed by atoms with Crippen LogP contribution in [-0.4, -0.2) is 71.2 Å².